The molecule has 0 fully saturated rings. The maximum absolute atomic E-state index is 5.95. The van der Waals surface area contributed by atoms with Crippen LogP contribution in [0.1, 0.15) is 44.4 Å². The summed E-state index contributed by atoms with van der Waals surface area (Å²) in [4.78, 5) is 0. The number of rotatable bonds is 5. The van der Waals surface area contributed by atoms with E-state index in [1.165, 1.54) is 11.1 Å². The second kappa shape index (κ2) is 6.93. The first kappa shape index (κ1) is 15.8. The van der Waals surface area contributed by atoms with Crippen LogP contribution in [0.15, 0.2) is 24.3 Å². The Hall–Kier alpha value is -0.570. The molecule has 0 amide bonds. The van der Waals surface area contributed by atoms with Gasteiger partial charge in [0.1, 0.15) is 0 Å². The summed E-state index contributed by atoms with van der Waals surface area (Å²) in [5.41, 5.74) is 2.98. The van der Waals surface area contributed by atoms with Gasteiger partial charge in [0.15, 0.2) is 0 Å². The van der Waals surface area contributed by atoms with Crippen LogP contribution in [-0.2, 0) is 11.2 Å². The maximum Gasteiger partial charge on any atom is 0.0952 e. The standard InChI is InChI=1S/C17H26ClNO/c1-17(2,3)16(8-10-18)19-12-15-14-7-5-4-6-13(14)9-11-20-15/h4-7,15-16,19H,8-12H2,1-3H3. The largest absolute Gasteiger partial charge is 0.372 e. The van der Waals surface area contributed by atoms with E-state index in [0.29, 0.717) is 11.9 Å². The summed E-state index contributed by atoms with van der Waals surface area (Å²) >= 11 is 5.93. The Morgan fingerprint density at radius 1 is 1.35 bits per heavy atom. The maximum atomic E-state index is 5.95. The van der Waals surface area contributed by atoms with Crippen LogP contribution in [0.2, 0.25) is 0 Å². The minimum absolute atomic E-state index is 0.167. The van der Waals surface area contributed by atoms with Crippen molar-refractivity contribution in [3.63, 3.8) is 0 Å². The van der Waals surface area contributed by atoms with Gasteiger partial charge in [-0.3, -0.25) is 0 Å². The number of halogens is 1. The van der Waals surface area contributed by atoms with Gasteiger partial charge in [-0.05, 0) is 29.4 Å². The molecule has 1 heterocycles. The van der Waals surface area contributed by atoms with E-state index in [1.54, 1.807) is 0 Å². The van der Waals surface area contributed by atoms with Gasteiger partial charge in [-0.15, -0.1) is 11.6 Å². The monoisotopic (exact) mass is 295 g/mol. The number of hydrogen-bond donors (Lipinski definition) is 1. The summed E-state index contributed by atoms with van der Waals surface area (Å²) in [5, 5.41) is 3.66. The Bertz CT molecular complexity index is 427. The van der Waals surface area contributed by atoms with Gasteiger partial charge < -0.3 is 10.1 Å². The molecule has 2 atom stereocenters. The fraction of sp³-hybridized carbons (Fsp3) is 0.647. The minimum Gasteiger partial charge on any atom is -0.372 e. The molecule has 1 aliphatic heterocycles. The molecule has 0 spiro atoms. The summed E-state index contributed by atoms with van der Waals surface area (Å²) < 4.78 is 5.95. The highest BCUT2D eigenvalue weighted by molar-refractivity contribution is 6.17. The number of benzene rings is 1. The molecule has 112 valence electrons. The van der Waals surface area contributed by atoms with E-state index < -0.39 is 0 Å². The van der Waals surface area contributed by atoms with E-state index in [0.717, 1.165) is 26.0 Å². The van der Waals surface area contributed by atoms with Crippen molar-refractivity contribution < 1.29 is 4.74 Å². The van der Waals surface area contributed by atoms with Crippen molar-refractivity contribution in [2.24, 2.45) is 5.41 Å². The number of ether oxygens (including phenoxy) is 1. The second-order valence-corrected chi connectivity index (χ2v) is 6.99. The van der Waals surface area contributed by atoms with Crippen molar-refractivity contribution in [2.75, 3.05) is 19.0 Å². The van der Waals surface area contributed by atoms with E-state index in [4.69, 9.17) is 16.3 Å². The molecular formula is C17H26ClNO. The van der Waals surface area contributed by atoms with Crippen molar-refractivity contribution in [1.82, 2.24) is 5.32 Å². The molecule has 2 nitrogen and oxygen atoms in total. The number of fused-ring (bicyclic) bond motifs is 1. The normalized spacial score (nSPS) is 20.5. The number of nitrogens with one attached hydrogen (secondary N) is 1. The van der Waals surface area contributed by atoms with Gasteiger partial charge in [-0.1, -0.05) is 45.0 Å². The zero-order chi connectivity index (χ0) is 14.6. The number of alkyl halides is 1. The molecule has 1 aromatic carbocycles. The highest BCUT2D eigenvalue weighted by Crippen LogP contribution is 2.28. The molecule has 3 heteroatoms. The van der Waals surface area contributed by atoms with Crippen LogP contribution >= 0.6 is 11.6 Å². The topological polar surface area (TPSA) is 21.3 Å². The predicted molar refractivity (Wildman–Crippen MR) is 85.4 cm³/mol. The van der Waals surface area contributed by atoms with Crippen LogP contribution in [0, 0.1) is 5.41 Å². The minimum atomic E-state index is 0.167. The average Bonchev–Trinajstić information content (AvgIpc) is 2.42. The molecule has 0 bridgehead atoms. The SMILES string of the molecule is CC(C)(C)C(CCCl)NCC1OCCc2ccccc21. The fourth-order valence-corrected chi connectivity index (χ4v) is 3.06. The van der Waals surface area contributed by atoms with E-state index >= 15 is 0 Å². The van der Waals surface area contributed by atoms with Crippen LogP contribution in [0.25, 0.3) is 0 Å². The third kappa shape index (κ3) is 3.97. The highest BCUT2D eigenvalue weighted by atomic mass is 35.5. The van der Waals surface area contributed by atoms with E-state index in [1.807, 2.05) is 0 Å². The Morgan fingerprint density at radius 2 is 2.10 bits per heavy atom. The molecule has 1 aliphatic rings. The van der Waals surface area contributed by atoms with Crippen LogP contribution in [-0.4, -0.2) is 25.1 Å². The van der Waals surface area contributed by atoms with E-state index in [-0.39, 0.29) is 11.5 Å². The molecule has 1 aromatic rings. The molecule has 0 aliphatic carbocycles. The van der Waals surface area contributed by atoms with E-state index in [9.17, 15) is 0 Å². The van der Waals surface area contributed by atoms with Gasteiger partial charge in [0.05, 0.1) is 12.7 Å². The summed E-state index contributed by atoms with van der Waals surface area (Å²) in [6.45, 7) is 8.45. The predicted octanol–water partition coefficient (Wildman–Crippen LogP) is 3.93. The zero-order valence-corrected chi connectivity index (χ0v) is 13.5. The lowest BCUT2D eigenvalue weighted by molar-refractivity contribution is 0.0373. The Labute approximate surface area is 127 Å². The van der Waals surface area contributed by atoms with Crippen molar-refractivity contribution in [3.05, 3.63) is 35.4 Å². The van der Waals surface area contributed by atoms with Crippen molar-refractivity contribution >= 4 is 11.6 Å². The molecule has 2 unspecified atom stereocenters. The van der Waals surface area contributed by atoms with Crippen LogP contribution < -0.4 is 5.32 Å². The smallest absolute Gasteiger partial charge is 0.0952 e. The first-order chi connectivity index (χ1) is 9.52. The van der Waals surface area contributed by atoms with Gasteiger partial charge in [0.2, 0.25) is 0 Å². The Kier molecular flexibility index (Phi) is 5.48. The van der Waals surface area contributed by atoms with Crippen LogP contribution in [0.5, 0.6) is 0 Å². The first-order valence-electron chi connectivity index (χ1n) is 7.51. The lowest BCUT2D eigenvalue weighted by Gasteiger charge is -2.34. The molecule has 0 saturated carbocycles. The van der Waals surface area contributed by atoms with Crippen molar-refractivity contribution in [3.8, 4) is 0 Å². The van der Waals surface area contributed by atoms with E-state index in [2.05, 4.69) is 50.4 Å². The number of hydrogen-bond acceptors (Lipinski definition) is 2. The molecular weight excluding hydrogens is 270 g/mol. The molecule has 1 N–H and O–H groups in total. The van der Waals surface area contributed by atoms with Gasteiger partial charge in [-0.25, -0.2) is 0 Å². The lowest BCUT2D eigenvalue weighted by Crippen LogP contribution is -2.43. The Morgan fingerprint density at radius 3 is 2.80 bits per heavy atom. The third-order valence-corrected chi connectivity index (χ3v) is 4.30. The second-order valence-electron chi connectivity index (χ2n) is 6.61. The summed E-state index contributed by atoms with van der Waals surface area (Å²) in [6, 6.07) is 9.03. The van der Waals surface area contributed by atoms with Crippen LogP contribution in [0.4, 0.5) is 0 Å². The third-order valence-electron chi connectivity index (χ3n) is 4.09. The molecule has 20 heavy (non-hydrogen) atoms. The molecule has 0 aromatic heterocycles. The quantitative estimate of drug-likeness (QED) is 0.831. The average molecular weight is 296 g/mol. The van der Waals surface area contributed by atoms with Crippen LogP contribution in [0.3, 0.4) is 0 Å². The fourth-order valence-electron chi connectivity index (χ4n) is 2.85. The van der Waals surface area contributed by atoms with Gasteiger partial charge in [-0.2, -0.15) is 0 Å². The molecule has 2 rings (SSSR count). The van der Waals surface area contributed by atoms with Crippen molar-refractivity contribution in [2.45, 2.75) is 45.8 Å². The zero-order valence-electron chi connectivity index (χ0n) is 12.8. The van der Waals surface area contributed by atoms with Gasteiger partial charge in [0.25, 0.3) is 0 Å². The molecule has 0 radical (unpaired) electrons. The summed E-state index contributed by atoms with van der Waals surface area (Å²) in [5.74, 6) is 0.692. The molecule has 0 saturated heterocycles. The highest BCUT2D eigenvalue weighted by Gasteiger charge is 2.26. The Balaban J connectivity index is 2.00. The first-order valence-corrected chi connectivity index (χ1v) is 8.04. The summed E-state index contributed by atoms with van der Waals surface area (Å²) in [7, 11) is 0. The lowest BCUT2D eigenvalue weighted by atomic mass is 9.85. The van der Waals surface area contributed by atoms with Crippen molar-refractivity contribution in [1.29, 1.82) is 0 Å². The van der Waals surface area contributed by atoms with Gasteiger partial charge in [0, 0.05) is 18.5 Å². The summed E-state index contributed by atoms with van der Waals surface area (Å²) in [6.07, 6.45) is 2.18. The van der Waals surface area contributed by atoms with Gasteiger partial charge >= 0.3 is 0 Å².